The lowest BCUT2D eigenvalue weighted by molar-refractivity contribution is 0.0654. The van der Waals surface area contributed by atoms with Gasteiger partial charge in [0.25, 0.3) is 5.91 Å². The van der Waals surface area contributed by atoms with Crippen LogP contribution < -0.4 is 5.63 Å². The van der Waals surface area contributed by atoms with Crippen LogP contribution in [0.4, 0.5) is 0 Å². The summed E-state index contributed by atoms with van der Waals surface area (Å²) in [6.07, 6.45) is 2.33. The molecule has 4 atom stereocenters. The molecule has 4 rings (SSSR count). The van der Waals surface area contributed by atoms with Crippen molar-refractivity contribution in [3.8, 4) is 5.75 Å². The summed E-state index contributed by atoms with van der Waals surface area (Å²) >= 11 is 0. The lowest BCUT2D eigenvalue weighted by atomic mass is 10.1. The molecule has 1 aromatic heterocycles. The number of hydrogen-bond donors (Lipinski definition) is 1. The number of nitrogens with zero attached hydrogens (tertiary/aromatic N) is 1. The van der Waals surface area contributed by atoms with Crippen LogP contribution in [0.15, 0.2) is 21.3 Å². The van der Waals surface area contributed by atoms with Crippen LogP contribution >= 0.6 is 0 Å². The zero-order chi connectivity index (χ0) is 12.4. The molecule has 1 aromatic rings. The predicted molar refractivity (Wildman–Crippen MR) is 61.2 cm³/mol. The molecule has 1 saturated heterocycles. The third-order valence-electron chi connectivity index (χ3n) is 4.59. The molecule has 1 amide bonds. The highest BCUT2D eigenvalue weighted by atomic mass is 16.4. The fourth-order valence-electron chi connectivity index (χ4n) is 3.78. The molecular weight excluding hydrogens is 234 g/mol. The van der Waals surface area contributed by atoms with Gasteiger partial charge in [-0.25, -0.2) is 4.79 Å². The normalized spacial score (nSPS) is 35.7. The molecule has 0 unspecified atom stereocenters. The maximum absolute atomic E-state index is 12.3. The number of carbonyl (C=O) groups is 1. The topological polar surface area (TPSA) is 70.7 Å². The van der Waals surface area contributed by atoms with Gasteiger partial charge in [0.1, 0.15) is 5.75 Å². The van der Waals surface area contributed by atoms with E-state index in [4.69, 9.17) is 4.42 Å². The molecule has 18 heavy (non-hydrogen) atoms. The second-order valence-electron chi connectivity index (χ2n) is 5.58. The Morgan fingerprint density at radius 3 is 2.83 bits per heavy atom. The average molecular weight is 247 g/mol. The number of aromatic hydroxyl groups is 1. The first-order valence-corrected chi connectivity index (χ1v) is 6.28. The maximum atomic E-state index is 12.3. The molecular formula is C13H13NO4. The molecule has 0 spiro atoms. The standard InChI is InChI=1S/C13H13NO4/c15-7-2-11(18-12(16)3-7)13(17)14-5-6-1-10(14)9-4-8(6)9/h2-3,6,8-10,15H,1,4-5H2/t6-,8-,9-,10-/m0/s1. The smallest absolute Gasteiger partial charge is 0.340 e. The van der Waals surface area contributed by atoms with Crippen molar-refractivity contribution in [3.05, 3.63) is 28.3 Å². The van der Waals surface area contributed by atoms with Crippen molar-refractivity contribution < 1.29 is 14.3 Å². The van der Waals surface area contributed by atoms with E-state index in [0.717, 1.165) is 24.9 Å². The second kappa shape index (κ2) is 3.16. The molecule has 2 bridgehead atoms. The Morgan fingerprint density at radius 2 is 2.17 bits per heavy atom. The first kappa shape index (κ1) is 10.2. The van der Waals surface area contributed by atoms with Crippen LogP contribution in [0.1, 0.15) is 23.4 Å². The van der Waals surface area contributed by atoms with E-state index in [-0.39, 0.29) is 17.4 Å². The summed E-state index contributed by atoms with van der Waals surface area (Å²) in [5.74, 6) is 1.59. The van der Waals surface area contributed by atoms with Gasteiger partial charge in [-0.15, -0.1) is 0 Å². The van der Waals surface area contributed by atoms with Crippen molar-refractivity contribution in [2.75, 3.05) is 6.54 Å². The molecule has 1 N–H and O–H groups in total. The van der Waals surface area contributed by atoms with E-state index in [1.54, 1.807) is 0 Å². The highest BCUT2D eigenvalue weighted by molar-refractivity contribution is 5.92. The van der Waals surface area contributed by atoms with E-state index < -0.39 is 5.63 Å². The van der Waals surface area contributed by atoms with Crippen LogP contribution in [0, 0.1) is 17.8 Å². The Balaban J connectivity index is 1.65. The number of carbonyl (C=O) groups excluding carboxylic acids is 1. The average Bonchev–Trinajstić information content (AvgIpc) is 2.92. The van der Waals surface area contributed by atoms with Gasteiger partial charge in [-0.3, -0.25) is 4.79 Å². The van der Waals surface area contributed by atoms with E-state index >= 15 is 0 Å². The predicted octanol–water partition coefficient (Wildman–Crippen LogP) is 0.826. The highest BCUT2D eigenvalue weighted by Crippen LogP contribution is 2.61. The van der Waals surface area contributed by atoms with Gasteiger partial charge in [0, 0.05) is 18.7 Å². The molecule has 2 aliphatic carbocycles. The Labute approximate surface area is 103 Å². The van der Waals surface area contributed by atoms with Gasteiger partial charge >= 0.3 is 5.63 Å². The van der Waals surface area contributed by atoms with Crippen LogP contribution in [0.5, 0.6) is 5.75 Å². The van der Waals surface area contributed by atoms with E-state index in [0.29, 0.717) is 17.9 Å². The Kier molecular flexibility index (Phi) is 1.78. The molecule has 3 aliphatic rings. The van der Waals surface area contributed by atoms with Gasteiger partial charge < -0.3 is 14.4 Å². The summed E-state index contributed by atoms with van der Waals surface area (Å²) in [6, 6.07) is 2.50. The minimum atomic E-state index is -0.688. The Bertz CT molecular complexity index is 593. The monoisotopic (exact) mass is 247 g/mol. The van der Waals surface area contributed by atoms with E-state index in [1.807, 2.05) is 4.90 Å². The summed E-state index contributed by atoms with van der Waals surface area (Å²) in [4.78, 5) is 25.3. The quantitative estimate of drug-likeness (QED) is 0.797. The highest BCUT2D eigenvalue weighted by Gasteiger charge is 2.61. The number of hydrogen-bond acceptors (Lipinski definition) is 4. The molecule has 0 radical (unpaired) electrons. The van der Waals surface area contributed by atoms with Crippen molar-refractivity contribution in [1.29, 1.82) is 0 Å². The van der Waals surface area contributed by atoms with Gasteiger partial charge in [0.15, 0.2) is 5.76 Å². The van der Waals surface area contributed by atoms with Gasteiger partial charge in [-0.1, -0.05) is 0 Å². The van der Waals surface area contributed by atoms with Crippen molar-refractivity contribution in [2.24, 2.45) is 17.8 Å². The lowest BCUT2D eigenvalue weighted by Gasteiger charge is -2.26. The van der Waals surface area contributed by atoms with Crippen LogP contribution in [0.2, 0.25) is 0 Å². The summed E-state index contributed by atoms with van der Waals surface area (Å²) in [6.45, 7) is 0.768. The third-order valence-corrected chi connectivity index (χ3v) is 4.59. The van der Waals surface area contributed by atoms with Crippen molar-refractivity contribution in [3.63, 3.8) is 0 Å². The summed E-state index contributed by atoms with van der Waals surface area (Å²) in [5.41, 5.74) is -0.688. The number of likely N-dealkylation sites (tertiary alicyclic amines) is 1. The lowest BCUT2D eigenvalue weighted by Crippen LogP contribution is -2.39. The number of fused-ring (bicyclic) bond motifs is 5. The number of piperidine rings is 1. The third kappa shape index (κ3) is 1.27. The fourth-order valence-corrected chi connectivity index (χ4v) is 3.78. The largest absolute Gasteiger partial charge is 0.508 e. The van der Waals surface area contributed by atoms with Gasteiger partial charge in [-0.2, -0.15) is 0 Å². The Hall–Kier alpha value is -1.78. The van der Waals surface area contributed by atoms with Crippen molar-refractivity contribution in [1.82, 2.24) is 4.90 Å². The fraction of sp³-hybridized carbons (Fsp3) is 0.538. The van der Waals surface area contributed by atoms with E-state index in [9.17, 15) is 14.7 Å². The molecule has 0 aromatic carbocycles. The summed E-state index contributed by atoms with van der Waals surface area (Å²) in [5, 5.41) is 9.35. The molecule has 2 heterocycles. The molecule has 2 saturated carbocycles. The second-order valence-corrected chi connectivity index (χ2v) is 5.58. The van der Waals surface area contributed by atoms with E-state index in [2.05, 4.69) is 0 Å². The van der Waals surface area contributed by atoms with Gasteiger partial charge in [-0.05, 0) is 30.6 Å². The van der Waals surface area contributed by atoms with Gasteiger partial charge in [0.05, 0.1) is 6.07 Å². The molecule has 5 nitrogen and oxygen atoms in total. The summed E-state index contributed by atoms with van der Waals surface area (Å²) < 4.78 is 4.88. The number of amides is 1. The summed E-state index contributed by atoms with van der Waals surface area (Å²) in [7, 11) is 0. The molecule has 94 valence electrons. The minimum absolute atomic E-state index is 0.0512. The Morgan fingerprint density at radius 1 is 1.33 bits per heavy atom. The van der Waals surface area contributed by atoms with E-state index in [1.165, 1.54) is 12.5 Å². The number of rotatable bonds is 1. The first-order valence-electron chi connectivity index (χ1n) is 6.28. The minimum Gasteiger partial charge on any atom is -0.508 e. The zero-order valence-corrected chi connectivity index (χ0v) is 9.70. The zero-order valence-electron chi connectivity index (χ0n) is 9.70. The van der Waals surface area contributed by atoms with Crippen LogP contribution in [-0.4, -0.2) is 28.5 Å². The van der Waals surface area contributed by atoms with Crippen molar-refractivity contribution >= 4 is 5.91 Å². The molecule has 3 fully saturated rings. The SMILES string of the molecule is O=C(c1cc(O)cc(=O)o1)N1C[C@@H]2C[C@H]1[C@H]1C[C@@H]21. The van der Waals surface area contributed by atoms with Crippen LogP contribution in [0.25, 0.3) is 0 Å². The van der Waals surface area contributed by atoms with Crippen LogP contribution in [0.3, 0.4) is 0 Å². The van der Waals surface area contributed by atoms with Gasteiger partial charge in [0.2, 0.25) is 0 Å². The van der Waals surface area contributed by atoms with Crippen molar-refractivity contribution in [2.45, 2.75) is 18.9 Å². The molecule has 5 heteroatoms. The molecule has 1 aliphatic heterocycles. The maximum Gasteiger partial charge on any atom is 0.340 e. The van der Waals surface area contributed by atoms with Crippen LogP contribution in [-0.2, 0) is 0 Å². The first-order chi connectivity index (χ1) is 8.63.